The van der Waals surface area contributed by atoms with Crippen molar-refractivity contribution in [2.24, 2.45) is 0 Å². The second-order valence-electron chi connectivity index (χ2n) is 5.19. The first kappa shape index (κ1) is 12.5. The maximum atomic E-state index is 9.22. The van der Waals surface area contributed by atoms with Crippen LogP contribution in [-0.4, -0.2) is 57.7 Å². The zero-order chi connectivity index (χ0) is 12.3. The van der Waals surface area contributed by atoms with Gasteiger partial charge in [-0.25, -0.2) is 0 Å². The molecule has 5 nitrogen and oxygen atoms in total. The number of aromatic nitrogens is 2. The summed E-state index contributed by atoms with van der Waals surface area (Å²) in [5.74, 6) is 0. The zero-order valence-corrected chi connectivity index (χ0v) is 10.5. The highest BCUT2D eigenvalue weighted by molar-refractivity contribution is 4.84. The van der Waals surface area contributed by atoms with Gasteiger partial charge in [0.05, 0.1) is 24.9 Å². The number of rotatable bonds is 4. The topological polar surface area (TPSA) is 50.5 Å². The molecule has 0 bridgehead atoms. The van der Waals surface area contributed by atoms with Crippen molar-refractivity contribution in [3.05, 3.63) is 18.5 Å². The summed E-state index contributed by atoms with van der Waals surface area (Å²) in [4.78, 5) is 2.33. The van der Waals surface area contributed by atoms with Crippen molar-refractivity contribution in [1.29, 1.82) is 0 Å². The normalized spacial score (nSPS) is 25.0. The highest BCUT2D eigenvalue weighted by Crippen LogP contribution is 2.20. The van der Waals surface area contributed by atoms with Crippen LogP contribution in [0.15, 0.2) is 18.5 Å². The molecule has 0 saturated carbocycles. The molecule has 0 radical (unpaired) electrons. The summed E-state index contributed by atoms with van der Waals surface area (Å²) in [6, 6.07) is 1.93. The van der Waals surface area contributed by atoms with E-state index in [0.29, 0.717) is 0 Å². The second-order valence-corrected chi connectivity index (χ2v) is 5.19. The second kappa shape index (κ2) is 5.16. The number of aliphatic hydroxyl groups excluding tert-OH is 1. The molecule has 1 aliphatic rings. The Hall–Kier alpha value is -0.910. The van der Waals surface area contributed by atoms with E-state index in [2.05, 4.69) is 23.8 Å². The fourth-order valence-corrected chi connectivity index (χ4v) is 2.36. The number of nitrogens with zero attached hydrogens (tertiary/aromatic N) is 3. The van der Waals surface area contributed by atoms with Gasteiger partial charge in [0, 0.05) is 32.0 Å². The summed E-state index contributed by atoms with van der Waals surface area (Å²) in [5.41, 5.74) is -0.185. The number of ether oxygens (including phenoxy) is 1. The lowest BCUT2D eigenvalue weighted by Crippen LogP contribution is -2.54. The quantitative estimate of drug-likeness (QED) is 0.824. The number of aliphatic hydroxyl groups is 1. The molecule has 2 heterocycles. The number of hydrogen-bond acceptors (Lipinski definition) is 4. The molecule has 0 spiro atoms. The average molecular weight is 239 g/mol. The van der Waals surface area contributed by atoms with Crippen LogP contribution in [0.4, 0.5) is 0 Å². The number of hydrogen-bond donors (Lipinski definition) is 1. The molecule has 2 rings (SSSR count). The summed E-state index contributed by atoms with van der Waals surface area (Å²) in [6.45, 7) is 7.71. The fraction of sp³-hybridized carbons (Fsp3) is 0.750. The van der Waals surface area contributed by atoms with E-state index in [9.17, 15) is 5.11 Å². The van der Waals surface area contributed by atoms with E-state index in [4.69, 9.17) is 4.74 Å². The van der Waals surface area contributed by atoms with Gasteiger partial charge in [0.2, 0.25) is 0 Å². The Morgan fingerprint density at radius 1 is 1.47 bits per heavy atom. The minimum absolute atomic E-state index is 0.0728. The van der Waals surface area contributed by atoms with Crippen LogP contribution in [0.1, 0.15) is 13.8 Å². The van der Waals surface area contributed by atoms with Crippen LogP contribution >= 0.6 is 0 Å². The van der Waals surface area contributed by atoms with Crippen LogP contribution in [0.25, 0.3) is 0 Å². The van der Waals surface area contributed by atoms with Crippen molar-refractivity contribution in [1.82, 2.24) is 14.7 Å². The fourth-order valence-electron chi connectivity index (χ4n) is 2.36. The van der Waals surface area contributed by atoms with Gasteiger partial charge in [0.1, 0.15) is 0 Å². The van der Waals surface area contributed by atoms with Gasteiger partial charge < -0.3 is 9.84 Å². The summed E-state index contributed by atoms with van der Waals surface area (Å²) >= 11 is 0. The van der Waals surface area contributed by atoms with Gasteiger partial charge in [0.25, 0.3) is 0 Å². The molecule has 0 aromatic carbocycles. The lowest BCUT2D eigenvalue weighted by atomic mass is 10.1. The summed E-state index contributed by atoms with van der Waals surface area (Å²) < 4.78 is 7.70. The third-order valence-corrected chi connectivity index (χ3v) is 2.96. The molecular weight excluding hydrogens is 218 g/mol. The minimum Gasteiger partial charge on any atom is -0.394 e. The summed E-state index contributed by atoms with van der Waals surface area (Å²) in [7, 11) is 0. The monoisotopic (exact) mass is 239 g/mol. The largest absolute Gasteiger partial charge is 0.394 e. The Balaban J connectivity index is 1.87. The molecule has 1 aromatic heterocycles. The highest BCUT2D eigenvalue weighted by Gasteiger charge is 2.32. The molecule has 1 unspecified atom stereocenters. The Labute approximate surface area is 102 Å². The molecule has 5 heteroatoms. The molecule has 17 heavy (non-hydrogen) atoms. The van der Waals surface area contributed by atoms with Gasteiger partial charge in [-0.15, -0.1) is 0 Å². The van der Waals surface area contributed by atoms with Crippen LogP contribution in [0, 0.1) is 0 Å². The van der Waals surface area contributed by atoms with E-state index in [-0.39, 0.29) is 18.3 Å². The molecule has 1 aromatic rings. The SMILES string of the molecule is CC1(C)CN(CCn2cccn2)CC(CO)O1. The van der Waals surface area contributed by atoms with Crippen molar-refractivity contribution < 1.29 is 9.84 Å². The lowest BCUT2D eigenvalue weighted by molar-refractivity contribution is -0.149. The van der Waals surface area contributed by atoms with Crippen molar-refractivity contribution in [3.8, 4) is 0 Å². The van der Waals surface area contributed by atoms with Crippen molar-refractivity contribution >= 4 is 0 Å². The molecule has 1 fully saturated rings. The third-order valence-electron chi connectivity index (χ3n) is 2.96. The summed E-state index contributed by atoms with van der Waals surface area (Å²) in [6.07, 6.45) is 3.69. The van der Waals surface area contributed by atoms with E-state index < -0.39 is 0 Å². The van der Waals surface area contributed by atoms with E-state index >= 15 is 0 Å². The molecule has 1 aliphatic heterocycles. The molecular formula is C12H21N3O2. The number of morpholine rings is 1. The van der Waals surface area contributed by atoms with E-state index in [1.54, 1.807) is 6.20 Å². The molecule has 96 valence electrons. The van der Waals surface area contributed by atoms with E-state index in [1.165, 1.54) is 0 Å². The average Bonchev–Trinajstić information content (AvgIpc) is 2.77. The Kier molecular flexibility index (Phi) is 3.81. The molecule has 0 amide bonds. The molecule has 0 aliphatic carbocycles. The maximum Gasteiger partial charge on any atom is 0.0940 e. The third kappa shape index (κ3) is 3.52. The first-order valence-corrected chi connectivity index (χ1v) is 6.07. The predicted molar refractivity (Wildman–Crippen MR) is 64.7 cm³/mol. The summed E-state index contributed by atoms with van der Waals surface area (Å²) in [5, 5.41) is 13.4. The Morgan fingerprint density at radius 2 is 2.29 bits per heavy atom. The van der Waals surface area contributed by atoms with Gasteiger partial charge in [-0.3, -0.25) is 9.58 Å². The van der Waals surface area contributed by atoms with E-state index in [0.717, 1.165) is 26.2 Å². The van der Waals surface area contributed by atoms with Crippen LogP contribution in [-0.2, 0) is 11.3 Å². The van der Waals surface area contributed by atoms with Crippen molar-refractivity contribution in [3.63, 3.8) is 0 Å². The van der Waals surface area contributed by atoms with Gasteiger partial charge in [0.15, 0.2) is 0 Å². The predicted octanol–water partition coefficient (Wildman–Crippen LogP) is 0.355. The van der Waals surface area contributed by atoms with Gasteiger partial charge in [-0.1, -0.05) is 0 Å². The first-order valence-electron chi connectivity index (χ1n) is 6.07. The van der Waals surface area contributed by atoms with E-state index in [1.807, 2.05) is 16.9 Å². The first-order chi connectivity index (χ1) is 8.09. The smallest absolute Gasteiger partial charge is 0.0940 e. The van der Waals surface area contributed by atoms with Gasteiger partial charge >= 0.3 is 0 Å². The molecule has 1 saturated heterocycles. The van der Waals surface area contributed by atoms with Gasteiger partial charge in [-0.05, 0) is 19.9 Å². The van der Waals surface area contributed by atoms with Gasteiger partial charge in [-0.2, -0.15) is 5.10 Å². The standard InChI is InChI=1S/C12H21N3O2/c1-12(2)10-14(8-11(9-16)17-12)6-7-15-5-3-4-13-15/h3-5,11,16H,6-10H2,1-2H3. The van der Waals surface area contributed by atoms with Crippen LogP contribution in [0.2, 0.25) is 0 Å². The highest BCUT2D eigenvalue weighted by atomic mass is 16.5. The molecule has 1 N–H and O–H groups in total. The van der Waals surface area contributed by atoms with Crippen molar-refractivity contribution in [2.75, 3.05) is 26.2 Å². The van der Waals surface area contributed by atoms with Crippen LogP contribution in [0.5, 0.6) is 0 Å². The minimum atomic E-state index is -0.185. The Bertz CT molecular complexity index is 338. The van der Waals surface area contributed by atoms with Crippen LogP contribution < -0.4 is 0 Å². The maximum absolute atomic E-state index is 9.22. The van der Waals surface area contributed by atoms with Crippen LogP contribution in [0.3, 0.4) is 0 Å². The van der Waals surface area contributed by atoms with Crippen molar-refractivity contribution in [2.45, 2.75) is 32.1 Å². The lowest BCUT2D eigenvalue weighted by Gasteiger charge is -2.42. The molecule has 1 atom stereocenters. The Morgan fingerprint density at radius 3 is 2.94 bits per heavy atom. The zero-order valence-electron chi connectivity index (χ0n) is 10.5.